The van der Waals surface area contributed by atoms with Gasteiger partial charge in [-0.1, -0.05) is 212 Å². The van der Waals surface area contributed by atoms with Crippen LogP contribution in [0.25, 0.3) is 99.5 Å². The number of anilines is 3. The summed E-state index contributed by atoms with van der Waals surface area (Å²) in [5.74, 6) is 0. The monoisotopic (exact) mass is 841 g/mol. The number of nitrogens with zero attached hydrogens (tertiary/aromatic N) is 1. The summed E-state index contributed by atoms with van der Waals surface area (Å²) < 4.78 is 6.92. The number of rotatable bonds is 9. The van der Waals surface area contributed by atoms with E-state index in [1.54, 1.807) is 0 Å². The molecule has 1 heterocycles. The Balaban J connectivity index is 1.02. The Morgan fingerprint density at radius 3 is 1.11 bits per heavy atom. The molecule has 0 aliphatic rings. The number of benzene rings is 11. The lowest BCUT2D eigenvalue weighted by molar-refractivity contribution is 0.673. The van der Waals surface area contributed by atoms with Crippen LogP contribution in [0.2, 0.25) is 0 Å². The Morgan fingerprint density at radius 1 is 0.258 bits per heavy atom. The van der Waals surface area contributed by atoms with Crippen molar-refractivity contribution in [3.63, 3.8) is 0 Å². The van der Waals surface area contributed by atoms with Crippen molar-refractivity contribution in [2.24, 2.45) is 0 Å². The highest BCUT2D eigenvalue weighted by molar-refractivity contribution is 6.23. The normalized spacial score (nSPS) is 11.3. The van der Waals surface area contributed by atoms with E-state index in [-0.39, 0.29) is 0 Å². The topological polar surface area (TPSA) is 16.4 Å². The van der Waals surface area contributed by atoms with Crippen LogP contribution < -0.4 is 4.90 Å². The maximum atomic E-state index is 6.92. The van der Waals surface area contributed by atoms with Crippen LogP contribution in [0.1, 0.15) is 0 Å². The summed E-state index contributed by atoms with van der Waals surface area (Å²) in [7, 11) is 0. The minimum Gasteiger partial charge on any atom is -0.455 e. The van der Waals surface area contributed by atoms with E-state index in [9.17, 15) is 0 Å². The first-order valence-electron chi connectivity index (χ1n) is 22.6. The molecule has 0 unspecified atom stereocenters. The van der Waals surface area contributed by atoms with Crippen LogP contribution in [-0.2, 0) is 0 Å². The van der Waals surface area contributed by atoms with Gasteiger partial charge in [-0.3, -0.25) is 0 Å². The van der Waals surface area contributed by atoms with Crippen molar-refractivity contribution in [1.82, 2.24) is 0 Å². The quantitative estimate of drug-likeness (QED) is 0.144. The van der Waals surface area contributed by atoms with Crippen LogP contribution in [0, 0.1) is 0 Å². The fourth-order valence-electron chi connectivity index (χ4n) is 9.65. The van der Waals surface area contributed by atoms with Gasteiger partial charge in [-0.2, -0.15) is 0 Å². The van der Waals surface area contributed by atoms with Gasteiger partial charge in [-0.15, -0.1) is 0 Å². The van der Waals surface area contributed by atoms with Crippen LogP contribution >= 0.6 is 0 Å². The molecule has 0 N–H and O–H groups in total. The van der Waals surface area contributed by atoms with E-state index in [2.05, 4.69) is 266 Å². The summed E-state index contributed by atoms with van der Waals surface area (Å²) in [6.45, 7) is 0. The minimum atomic E-state index is 0.868. The Kier molecular flexibility index (Phi) is 9.89. The van der Waals surface area contributed by atoms with Crippen molar-refractivity contribution < 1.29 is 4.42 Å². The molecule has 0 saturated carbocycles. The summed E-state index contributed by atoms with van der Waals surface area (Å²) >= 11 is 0. The number of furan rings is 1. The lowest BCUT2D eigenvalue weighted by Gasteiger charge is -2.26. The van der Waals surface area contributed by atoms with E-state index in [4.69, 9.17) is 4.42 Å². The van der Waals surface area contributed by atoms with Gasteiger partial charge in [-0.05, 0) is 115 Å². The molecule has 1 aromatic heterocycles. The third-order valence-corrected chi connectivity index (χ3v) is 12.9. The zero-order chi connectivity index (χ0) is 43.8. The second-order valence-electron chi connectivity index (χ2n) is 16.8. The number of hydrogen-bond donors (Lipinski definition) is 0. The summed E-state index contributed by atoms with van der Waals surface area (Å²) in [4.78, 5) is 2.35. The fraction of sp³-hybridized carbons (Fsp3) is 0. The van der Waals surface area contributed by atoms with E-state index in [1.807, 2.05) is 0 Å². The summed E-state index contributed by atoms with van der Waals surface area (Å²) in [5, 5.41) is 4.50. The molecule has 0 atom stereocenters. The molecule has 0 saturated heterocycles. The maximum absolute atomic E-state index is 6.92. The molecule has 11 aromatic carbocycles. The zero-order valence-electron chi connectivity index (χ0n) is 36.2. The highest BCUT2D eigenvalue weighted by atomic mass is 16.3. The summed E-state index contributed by atoms with van der Waals surface area (Å²) in [6.07, 6.45) is 0. The van der Waals surface area contributed by atoms with Crippen molar-refractivity contribution in [3.05, 3.63) is 261 Å². The van der Waals surface area contributed by atoms with Gasteiger partial charge in [0.2, 0.25) is 0 Å². The molecule has 0 fully saturated rings. The van der Waals surface area contributed by atoms with Gasteiger partial charge in [0.1, 0.15) is 11.2 Å². The van der Waals surface area contributed by atoms with Crippen LogP contribution in [0.5, 0.6) is 0 Å². The van der Waals surface area contributed by atoms with Gasteiger partial charge < -0.3 is 9.32 Å². The van der Waals surface area contributed by atoms with E-state index < -0.39 is 0 Å². The van der Waals surface area contributed by atoms with E-state index in [0.717, 1.165) is 66.6 Å². The molecule has 0 aliphatic heterocycles. The smallest absolute Gasteiger partial charge is 0.143 e. The van der Waals surface area contributed by atoms with Crippen LogP contribution in [0.3, 0.4) is 0 Å². The molecule has 2 heteroatoms. The van der Waals surface area contributed by atoms with Crippen LogP contribution in [0.15, 0.2) is 265 Å². The highest BCUT2D eigenvalue weighted by Gasteiger charge is 2.22. The van der Waals surface area contributed by atoms with Crippen LogP contribution in [-0.4, -0.2) is 0 Å². The first kappa shape index (κ1) is 38.9. The van der Waals surface area contributed by atoms with E-state index in [1.165, 1.54) is 49.9 Å². The fourth-order valence-corrected chi connectivity index (χ4v) is 9.65. The Bertz CT molecular complexity index is 3530. The van der Waals surface area contributed by atoms with E-state index >= 15 is 0 Å². The molecule has 12 aromatic rings. The predicted octanol–water partition coefficient (Wildman–Crippen LogP) is 18.2. The minimum absolute atomic E-state index is 0.868. The number of hydrogen-bond acceptors (Lipinski definition) is 2. The molecule has 66 heavy (non-hydrogen) atoms. The molecule has 0 bridgehead atoms. The van der Waals surface area contributed by atoms with Gasteiger partial charge in [0.05, 0.1) is 0 Å². The van der Waals surface area contributed by atoms with Crippen molar-refractivity contribution in [2.75, 3.05) is 4.90 Å². The molecule has 0 radical (unpaired) electrons. The SMILES string of the molecule is c1ccc(-c2ccc(-c3c(-c4ccc(N(c5ccc(-c6ccccc6)cc5)c5ccc(-c6ccccc6)cc5)cc4)ccc4oc5c6ccccc6c(-c6ccccc6)cc5c34)cc2)cc1. The second kappa shape index (κ2) is 16.8. The summed E-state index contributed by atoms with van der Waals surface area (Å²) in [5.41, 5.74) is 19.1. The molecular weight excluding hydrogens is 799 g/mol. The lowest BCUT2D eigenvalue weighted by Crippen LogP contribution is -2.09. The third-order valence-electron chi connectivity index (χ3n) is 12.9. The molecule has 310 valence electrons. The van der Waals surface area contributed by atoms with E-state index in [0.29, 0.717) is 0 Å². The molecule has 0 aliphatic carbocycles. The first-order chi connectivity index (χ1) is 32.7. The standard InChI is InChI=1S/C64H43NO/c1-5-15-44(16-6-1)47-25-27-52(28-26-47)62-56(41-42-61-63(62)60-43-59(50-21-11-4-12-22-50)57-23-13-14-24-58(57)64(60)66-61)51-33-39-55(40-34-51)65(53-35-29-48(30-36-53)45-17-7-2-8-18-45)54-37-31-49(32-38-54)46-19-9-3-10-20-46/h1-43H. The predicted molar refractivity (Wildman–Crippen MR) is 279 cm³/mol. The van der Waals surface area contributed by atoms with Gasteiger partial charge >= 0.3 is 0 Å². The van der Waals surface area contributed by atoms with Crippen molar-refractivity contribution in [2.45, 2.75) is 0 Å². The highest BCUT2D eigenvalue weighted by Crippen LogP contribution is 2.47. The maximum Gasteiger partial charge on any atom is 0.143 e. The Morgan fingerprint density at radius 2 is 0.621 bits per heavy atom. The average Bonchev–Trinajstić information content (AvgIpc) is 3.79. The van der Waals surface area contributed by atoms with Crippen molar-refractivity contribution in [3.8, 4) is 66.8 Å². The molecule has 0 amide bonds. The Labute approximate surface area is 384 Å². The van der Waals surface area contributed by atoms with Gasteiger partial charge in [0.25, 0.3) is 0 Å². The third kappa shape index (κ3) is 7.12. The van der Waals surface area contributed by atoms with Crippen LogP contribution in [0.4, 0.5) is 17.1 Å². The largest absolute Gasteiger partial charge is 0.455 e. The van der Waals surface area contributed by atoms with Crippen molar-refractivity contribution >= 4 is 49.8 Å². The van der Waals surface area contributed by atoms with Gasteiger partial charge in [-0.25, -0.2) is 0 Å². The zero-order valence-corrected chi connectivity index (χ0v) is 36.2. The molecule has 0 spiro atoms. The Hall–Kier alpha value is -8.72. The average molecular weight is 842 g/mol. The number of fused-ring (bicyclic) bond motifs is 5. The van der Waals surface area contributed by atoms with Gasteiger partial charge in [0, 0.05) is 38.8 Å². The van der Waals surface area contributed by atoms with Gasteiger partial charge in [0.15, 0.2) is 0 Å². The second-order valence-corrected chi connectivity index (χ2v) is 16.8. The molecular formula is C64H43NO. The van der Waals surface area contributed by atoms with Crippen molar-refractivity contribution in [1.29, 1.82) is 0 Å². The molecule has 12 rings (SSSR count). The summed E-state index contributed by atoms with van der Waals surface area (Å²) in [6, 6.07) is 93.7. The first-order valence-corrected chi connectivity index (χ1v) is 22.6. The molecule has 2 nitrogen and oxygen atoms in total. The lowest BCUT2D eigenvalue weighted by atomic mass is 9.88.